The first-order chi connectivity index (χ1) is 9.74. The van der Waals surface area contributed by atoms with Crippen LogP contribution in [0.25, 0.3) is 5.69 Å². The summed E-state index contributed by atoms with van der Waals surface area (Å²) < 4.78 is 1.79. The number of benzene rings is 1. The predicted octanol–water partition coefficient (Wildman–Crippen LogP) is 2.27. The largest absolute Gasteiger partial charge is 0.327 e. The predicted molar refractivity (Wildman–Crippen MR) is 79.8 cm³/mol. The lowest BCUT2D eigenvalue weighted by Crippen LogP contribution is -2.37. The van der Waals surface area contributed by atoms with E-state index in [1.54, 1.807) is 16.4 Å². The maximum atomic E-state index is 6.25. The van der Waals surface area contributed by atoms with E-state index in [1.165, 1.54) is 6.42 Å². The van der Waals surface area contributed by atoms with E-state index in [9.17, 15) is 0 Å². The van der Waals surface area contributed by atoms with Gasteiger partial charge in [-0.15, -0.1) is 5.10 Å². The van der Waals surface area contributed by atoms with Crippen molar-refractivity contribution < 1.29 is 0 Å². The third-order valence-electron chi connectivity index (χ3n) is 3.80. The van der Waals surface area contributed by atoms with Crippen LogP contribution in [0.15, 0.2) is 35.5 Å². The van der Waals surface area contributed by atoms with Gasteiger partial charge in [-0.2, -0.15) is 4.68 Å². The van der Waals surface area contributed by atoms with Crippen molar-refractivity contribution in [3.63, 3.8) is 0 Å². The second-order valence-electron chi connectivity index (χ2n) is 5.45. The number of aromatic nitrogens is 4. The third-order valence-corrected chi connectivity index (χ3v) is 5.11. The molecular weight excluding hydrogens is 270 g/mol. The number of hydrogen-bond donors (Lipinski definition) is 1. The Balaban J connectivity index is 1.80. The van der Waals surface area contributed by atoms with E-state index in [0.29, 0.717) is 5.25 Å². The highest BCUT2D eigenvalue weighted by Gasteiger charge is 2.28. The fourth-order valence-corrected chi connectivity index (χ4v) is 3.94. The van der Waals surface area contributed by atoms with Crippen molar-refractivity contribution in [2.45, 2.75) is 42.6 Å². The first-order valence-corrected chi connectivity index (χ1v) is 7.88. The molecule has 1 aliphatic carbocycles. The minimum atomic E-state index is 0.233. The van der Waals surface area contributed by atoms with Gasteiger partial charge < -0.3 is 5.73 Å². The number of tetrazole rings is 1. The topological polar surface area (TPSA) is 69.6 Å². The monoisotopic (exact) mass is 289 g/mol. The van der Waals surface area contributed by atoms with Crippen molar-refractivity contribution >= 4 is 11.8 Å². The van der Waals surface area contributed by atoms with Gasteiger partial charge in [-0.3, -0.25) is 0 Å². The number of hydrogen-bond acceptors (Lipinski definition) is 5. The zero-order valence-corrected chi connectivity index (χ0v) is 12.3. The lowest BCUT2D eigenvalue weighted by atomic mass is 9.87. The molecule has 0 bridgehead atoms. The van der Waals surface area contributed by atoms with Crippen LogP contribution in [-0.2, 0) is 0 Å². The molecule has 1 fully saturated rings. The Hall–Kier alpha value is -1.40. The molecule has 2 aromatic rings. The van der Waals surface area contributed by atoms with E-state index < -0.39 is 0 Å². The first kappa shape index (κ1) is 13.6. The van der Waals surface area contributed by atoms with Gasteiger partial charge in [-0.25, -0.2) is 0 Å². The molecule has 1 aliphatic rings. The summed E-state index contributed by atoms with van der Waals surface area (Å²) in [4.78, 5) is 0. The highest BCUT2D eigenvalue weighted by Crippen LogP contribution is 2.35. The fourth-order valence-electron chi connectivity index (χ4n) is 2.61. The van der Waals surface area contributed by atoms with Crippen LogP contribution in [-0.4, -0.2) is 31.5 Å². The molecule has 0 saturated heterocycles. The SMILES string of the molecule is CC1CCC(N)C(Sc2nnnn2-c2ccccc2)C1. The second kappa shape index (κ2) is 5.93. The fraction of sp³-hybridized carbons (Fsp3) is 0.500. The van der Waals surface area contributed by atoms with E-state index in [1.807, 2.05) is 30.3 Å². The summed E-state index contributed by atoms with van der Waals surface area (Å²) in [5.74, 6) is 0.730. The summed E-state index contributed by atoms with van der Waals surface area (Å²) in [7, 11) is 0. The van der Waals surface area contributed by atoms with Crippen molar-refractivity contribution in [3.05, 3.63) is 30.3 Å². The van der Waals surface area contributed by atoms with Crippen molar-refractivity contribution in [1.82, 2.24) is 20.2 Å². The zero-order chi connectivity index (χ0) is 13.9. The Morgan fingerprint density at radius 3 is 2.85 bits per heavy atom. The number of nitrogens with two attached hydrogens (primary N) is 1. The van der Waals surface area contributed by atoms with Crippen LogP contribution in [0.1, 0.15) is 26.2 Å². The molecule has 0 amide bonds. The normalized spacial score (nSPS) is 26.6. The minimum absolute atomic E-state index is 0.233. The molecule has 0 radical (unpaired) electrons. The standard InChI is InChI=1S/C14H19N5S/c1-10-7-8-12(15)13(9-10)20-14-16-17-18-19(14)11-5-3-2-4-6-11/h2-6,10,12-13H,7-9,15H2,1H3. The summed E-state index contributed by atoms with van der Waals surface area (Å²) in [6, 6.07) is 10.2. The van der Waals surface area contributed by atoms with Gasteiger partial charge in [0, 0.05) is 11.3 Å². The Kier molecular flexibility index (Phi) is 4.03. The molecule has 0 spiro atoms. The molecule has 5 nitrogen and oxygen atoms in total. The molecule has 0 aliphatic heterocycles. The summed E-state index contributed by atoms with van der Waals surface area (Å²) in [6.07, 6.45) is 3.45. The molecule has 3 atom stereocenters. The second-order valence-corrected chi connectivity index (χ2v) is 6.65. The van der Waals surface area contributed by atoms with Gasteiger partial charge in [-0.05, 0) is 47.7 Å². The average Bonchev–Trinajstić information content (AvgIpc) is 2.92. The molecule has 1 aromatic carbocycles. The average molecular weight is 289 g/mol. The molecular formula is C14H19N5S. The smallest absolute Gasteiger partial charge is 0.214 e. The highest BCUT2D eigenvalue weighted by molar-refractivity contribution is 7.99. The maximum Gasteiger partial charge on any atom is 0.214 e. The third kappa shape index (κ3) is 2.86. The molecule has 106 valence electrons. The quantitative estimate of drug-likeness (QED) is 0.938. The summed E-state index contributed by atoms with van der Waals surface area (Å²) >= 11 is 1.71. The van der Waals surface area contributed by atoms with Gasteiger partial charge in [0.2, 0.25) is 5.16 Å². The van der Waals surface area contributed by atoms with Crippen LogP contribution in [0.5, 0.6) is 0 Å². The molecule has 3 rings (SSSR count). The Morgan fingerprint density at radius 1 is 1.25 bits per heavy atom. The molecule has 6 heteroatoms. The van der Waals surface area contributed by atoms with Gasteiger partial charge in [0.05, 0.1) is 5.69 Å². The lowest BCUT2D eigenvalue weighted by Gasteiger charge is -2.31. The molecule has 1 saturated carbocycles. The number of thioether (sulfide) groups is 1. The van der Waals surface area contributed by atoms with Crippen molar-refractivity contribution in [1.29, 1.82) is 0 Å². The van der Waals surface area contributed by atoms with Crippen LogP contribution in [0.4, 0.5) is 0 Å². The zero-order valence-electron chi connectivity index (χ0n) is 11.5. The van der Waals surface area contributed by atoms with Crippen LogP contribution in [0, 0.1) is 5.92 Å². The van der Waals surface area contributed by atoms with Crippen LogP contribution in [0.2, 0.25) is 0 Å². The van der Waals surface area contributed by atoms with E-state index in [2.05, 4.69) is 22.4 Å². The van der Waals surface area contributed by atoms with Crippen molar-refractivity contribution in [2.24, 2.45) is 11.7 Å². The Morgan fingerprint density at radius 2 is 2.05 bits per heavy atom. The van der Waals surface area contributed by atoms with E-state index >= 15 is 0 Å². The van der Waals surface area contributed by atoms with Crippen LogP contribution in [0.3, 0.4) is 0 Å². The van der Waals surface area contributed by atoms with E-state index in [4.69, 9.17) is 5.73 Å². The molecule has 2 N–H and O–H groups in total. The Bertz CT molecular complexity index is 556. The van der Waals surface area contributed by atoms with Crippen LogP contribution < -0.4 is 5.73 Å². The summed E-state index contributed by atoms with van der Waals surface area (Å²) in [5.41, 5.74) is 7.23. The molecule has 3 unspecified atom stereocenters. The molecule has 20 heavy (non-hydrogen) atoms. The van der Waals surface area contributed by atoms with Crippen LogP contribution >= 0.6 is 11.8 Å². The summed E-state index contributed by atoms with van der Waals surface area (Å²) in [6.45, 7) is 2.29. The van der Waals surface area contributed by atoms with Gasteiger partial charge in [0.25, 0.3) is 0 Å². The maximum absolute atomic E-state index is 6.25. The Labute approximate surface area is 122 Å². The lowest BCUT2D eigenvalue weighted by molar-refractivity contribution is 0.357. The van der Waals surface area contributed by atoms with E-state index in [-0.39, 0.29) is 6.04 Å². The van der Waals surface area contributed by atoms with E-state index in [0.717, 1.165) is 29.6 Å². The highest BCUT2D eigenvalue weighted by atomic mass is 32.2. The van der Waals surface area contributed by atoms with Gasteiger partial charge in [0.1, 0.15) is 0 Å². The van der Waals surface area contributed by atoms with Gasteiger partial charge >= 0.3 is 0 Å². The summed E-state index contributed by atoms with van der Waals surface area (Å²) in [5, 5.41) is 13.3. The molecule has 1 aromatic heterocycles. The molecule has 1 heterocycles. The first-order valence-electron chi connectivity index (χ1n) is 7.00. The van der Waals surface area contributed by atoms with Gasteiger partial charge in [0.15, 0.2) is 0 Å². The van der Waals surface area contributed by atoms with Crippen molar-refractivity contribution in [2.75, 3.05) is 0 Å². The number of rotatable bonds is 3. The minimum Gasteiger partial charge on any atom is -0.327 e. The number of nitrogens with zero attached hydrogens (tertiary/aromatic N) is 4. The number of para-hydroxylation sites is 1. The van der Waals surface area contributed by atoms with Crippen molar-refractivity contribution in [3.8, 4) is 5.69 Å². The van der Waals surface area contributed by atoms with Gasteiger partial charge in [-0.1, -0.05) is 36.9 Å².